The smallest absolute Gasteiger partial charge is 0.335 e. The minimum atomic E-state index is -4.15. The molecular formula is C81H108N14O22S4. The van der Waals surface area contributed by atoms with Gasteiger partial charge in [-0.2, -0.15) is 4.31 Å². The van der Waals surface area contributed by atoms with E-state index >= 15 is 0 Å². The van der Waals surface area contributed by atoms with Gasteiger partial charge >= 0.3 is 23.3 Å². The van der Waals surface area contributed by atoms with Crippen LogP contribution in [0.25, 0.3) is 33.7 Å². The standard InChI is InChI=1S/C80H100N14O20S4.CH4.2H2O/c1-79(2)69(91(53-115-79)117-61-15-7-29-81-49-61)73(99)87-63(75(101)102)47-55-21-25-58(26-22-55)94-72-66(18-10-32-86-72)90(78(94)106)52-68(98)84-34-40-114-46-45-113-39-28-67(97)83-33-12-37-111-42-41-109-35-6-5-13-59(95)27-38-112-44-43-110-36-11-14-60(96)51-89-65-17-9-31-85-71(65)93(77(89)105)57-23-19-56(20-24-57)48-64(76(103)104)88-74(100)70-80(3,4)116-54-92(70)118(107,108)62-16-8-30-82-50-62;;;/h7-10,15-26,29-32,49-50,63-64,69-70H,5-6,11-14,27-28,33-48,51-54H2,1-4H3,(H,83,97)(H,84,98)(H,87,99)(H,88,100)(H,101,102)(H,103,104);1H4;2*1H2/t63-,64-,69+,70+;;;/m0.../s1. The number of aliphatic carboxylic acids is 2. The van der Waals surface area contributed by atoms with Crippen molar-refractivity contribution >= 4 is 115 Å². The zero-order valence-corrected chi connectivity index (χ0v) is 70.4. The number of nitrogens with zero attached hydrogens (tertiary/aromatic N) is 10. The van der Waals surface area contributed by atoms with Gasteiger partial charge in [-0.1, -0.05) is 31.7 Å². The molecule has 2 aliphatic heterocycles. The van der Waals surface area contributed by atoms with Crippen molar-refractivity contribution in [1.29, 1.82) is 0 Å². The lowest BCUT2D eigenvalue weighted by atomic mass is 10.0. The molecule has 121 heavy (non-hydrogen) atoms. The highest BCUT2D eigenvalue weighted by Gasteiger charge is 2.52. The Morgan fingerprint density at radius 1 is 0.512 bits per heavy atom. The quantitative estimate of drug-likeness (QED) is 0.0227. The summed E-state index contributed by atoms with van der Waals surface area (Å²) in [6, 6.07) is 21.9. The van der Waals surface area contributed by atoms with Gasteiger partial charge in [0.15, 0.2) is 17.1 Å². The van der Waals surface area contributed by atoms with E-state index in [4.69, 9.17) is 28.4 Å². The van der Waals surface area contributed by atoms with Crippen LogP contribution in [0.15, 0.2) is 154 Å². The molecule has 0 aliphatic carbocycles. The van der Waals surface area contributed by atoms with Crippen LogP contribution in [-0.2, 0) is 103 Å². The molecule has 10 rings (SSSR count). The van der Waals surface area contributed by atoms with Crippen molar-refractivity contribution < 1.29 is 96.4 Å². The van der Waals surface area contributed by atoms with Gasteiger partial charge in [0, 0.05) is 123 Å². The second kappa shape index (κ2) is 48.3. The molecule has 658 valence electrons. The first-order chi connectivity index (χ1) is 56.8. The van der Waals surface area contributed by atoms with Gasteiger partial charge in [-0.05, 0) is 149 Å². The second-order valence-electron chi connectivity index (χ2n) is 28.8. The lowest BCUT2D eigenvalue weighted by Crippen LogP contribution is -2.56. The number of rotatable bonds is 51. The Bertz CT molecular complexity index is 4960. The van der Waals surface area contributed by atoms with Crippen LogP contribution >= 0.6 is 35.5 Å². The number of carboxylic acid groups (broad SMARTS) is 2. The number of amides is 4. The molecule has 8 heterocycles. The van der Waals surface area contributed by atoms with Gasteiger partial charge in [0.05, 0.1) is 100 Å². The third-order valence-corrected chi connectivity index (χ3v) is 25.2. The molecule has 0 saturated carbocycles. The number of ketones is 2. The number of hydrogen-bond donors (Lipinski definition) is 6. The summed E-state index contributed by atoms with van der Waals surface area (Å²) in [6.45, 7) is 11.0. The van der Waals surface area contributed by atoms with Gasteiger partial charge in [-0.15, -0.1) is 23.5 Å². The summed E-state index contributed by atoms with van der Waals surface area (Å²) < 4.78 is 67.9. The maximum atomic E-state index is 14.0. The largest absolute Gasteiger partial charge is 0.480 e. The average molecular weight is 1760 g/mol. The van der Waals surface area contributed by atoms with Crippen molar-refractivity contribution in [1.82, 2.24) is 68.1 Å². The van der Waals surface area contributed by atoms with Crippen molar-refractivity contribution in [2.24, 2.45) is 0 Å². The summed E-state index contributed by atoms with van der Waals surface area (Å²) in [5.74, 6) is -3.87. The lowest BCUT2D eigenvalue weighted by Gasteiger charge is -2.30. The van der Waals surface area contributed by atoms with Gasteiger partial charge < -0.3 is 70.9 Å². The first kappa shape index (κ1) is 98.5. The van der Waals surface area contributed by atoms with Crippen LogP contribution in [0.3, 0.4) is 0 Å². The minimum Gasteiger partial charge on any atom is -0.480 e. The van der Waals surface area contributed by atoms with Crippen LogP contribution in [0.1, 0.15) is 97.6 Å². The number of carbonyl (C=O) groups is 8. The van der Waals surface area contributed by atoms with Crippen LogP contribution in [0, 0.1) is 0 Å². The Hall–Kier alpha value is -9.66. The van der Waals surface area contributed by atoms with Gasteiger partial charge in [-0.3, -0.25) is 47.9 Å². The zero-order valence-electron chi connectivity index (χ0n) is 67.2. The molecule has 6 aromatic heterocycles. The average Bonchev–Trinajstić information content (AvgIpc) is 1.64. The molecule has 4 amide bonds. The van der Waals surface area contributed by atoms with E-state index in [1.165, 1.54) is 78.9 Å². The maximum Gasteiger partial charge on any atom is 0.335 e. The number of fused-ring (bicyclic) bond motifs is 2. The van der Waals surface area contributed by atoms with E-state index in [0.717, 1.165) is 9.20 Å². The minimum absolute atomic E-state index is 0. The molecule has 0 spiro atoms. The molecule has 0 radical (unpaired) electrons. The number of unbranched alkanes of at least 4 members (excludes halogenated alkanes) is 1. The normalized spacial score (nSPS) is 15.5. The number of nitrogens with one attached hydrogen (secondary N) is 4. The fraction of sp³-hybridized carbons (Fsp3) is 0.481. The number of imidazole rings is 2. The van der Waals surface area contributed by atoms with Gasteiger partial charge in [-0.25, -0.2) is 51.0 Å². The van der Waals surface area contributed by atoms with Crippen molar-refractivity contribution in [3.05, 3.63) is 166 Å². The fourth-order valence-electron chi connectivity index (χ4n) is 13.2. The topological polar surface area (TPSA) is 490 Å². The molecule has 2 fully saturated rings. The summed E-state index contributed by atoms with van der Waals surface area (Å²) in [5, 5.41) is 31.4. The molecule has 8 aromatic rings. The van der Waals surface area contributed by atoms with Crippen LogP contribution in [0.5, 0.6) is 0 Å². The Morgan fingerprint density at radius 3 is 1.53 bits per heavy atom. The summed E-state index contributed by atoms with van der Waals surface area (Å²) in [6.07, 6.45) is 12.3. The molecular weight excluding hydrogens is 1650 g/mol. The van der Waals surface area contributed by atoms with E-state index in [2.05, 4.69) is 41.2 Å². The predicted molar refractivity (Wildman–Crippen MR) is 455 cm³/mol. The van der Waals surface area contributed by atoms with Gasteiger partial charge in [0.2, 0.25) is 33.7 Å². The summed E-state index contributed by atoms with van der Waals surface area (Å²) in [5.41, 5.74) is 2.43. The monoisotopic (exact) mass is 1760 g/mol. The maximum absolute atomic E-state index is 14.0. The third-order valence-electron chi connectivity index (χ3n) is 19.3. The Morgan fingerprint density at radius 2 is 0.983 bits per heavy atom. The fourth-order valence-corrected chi connectivity index (χ4v) is 18.8. The number of aromatic nitrogens is 8. The molecule has 0 unspecified atom stereocenters. The van der Waals surface area contributed by atoms with Crippen LogP contribution in [0.2, 0.25) is 0 Å². The van der Waals surface area contributed by atoms with E-state index in [1.54, 1.807) is 111 Å². The Labute approximate surface area is 713 Å². The first-order valence-electron chi connectivity index (χ1n) is 38.8. The first-order valence-corrected chi connectivity index (χ1v) is 42.9. The number of carbonyl (C=O) groups excluding carboxylic acids is 6. The molecule has 2 saturated heterocycles. The highest BCUT2D eigenvalue weighted by atomic mass is 32.2. The highest BCUT2D eigenvalue weighted by molar-refractivity contribution is 8.03. The van der Waals surface area contributed by atoms with E-state index in [-0.39, 0.29) is 151 Å². The Kier molecular flexibility index (Phi) is 39.3. The van der Waals surface area contributed by atoms with Crippen LogP contribution < -0.4 is 32.6 Å². The summed E-state index contributed by atoms with van der Waals surface area (Å²) >= 11 is 4.26. The molecule has 2 aliphatic rings. The third kappa shape index (κ3) is 27.9. The molecule has 0 bridgehead atoms. The zero-order chi connectivity index (χ0) is 84.2. The number of ether oxygens (including phenoxy) is 6. The van der Waals surface area contributed by atoms with Crippen molar-refractivity contribution in [3.63, 3.8) is 0 Å². The number of carboxylic acids is 2. The molecule has 4 atom stereocenters. The highest BCUT2D eigenvalue weighted by Crippen LogP contribution is 2.45. The number of Topliss-reactive ketones (excluding diaryl/α,β-unsaturated/α-hetero) is 2. The summed E-state index contributed by atoms with van der Waals surface area (Å²) in [4.78, 5) is 149. The number of sulfonamides is 1. The van der Waals surface area contributed by atoms with Crippen LogP contribution in [-0.4, -0.2) is 261 Å². The summed E-state index contributed by atoms with van der Waals surface area (Å²) in [7, 11) is -4.15. The van der Waals surface area contributed by atoms with E-state index < -0.39 is 84.7 Å². The van der Waals surface area contributed by atoms with Gasteiger partial charge in [0.25, 0.3) is 0 Å². The number of thioether (sulfide) groups is 2. The molecule has 36 nitrogen and oxygen atoms in total. The molecule has 10 N–H and O–H groups in total. The van der Waals surface area contributed by atoms with Crippen molar-refractivity contribution in [3.8, 4) is 11.4 Å². The SMILES string of the molecule is C.CC1(C)SCN(Sc2cccnc2)[C@@H]1C(=O)N[C@@H](Cc1ccc(-n2c(=O)n(CC(=O)NCCOCCOCCC(=O)NCCCOCCOCCCCC(=O)CCOCCOCCCC(=O)Cn3c(=O)n(-c4ccc(C[C@H](NC(=O)[C@H]5N(S(=O)(=O)c6cccnc6)CSC5(C)C)C(=O)O)cc4)c4ncccc43)c3cccnc32)cc1)C(=O)O.O.O. The molecule has 40 heteroatoms. The number of benzene rings is 2. The lowest BCUT2D eigenvalue weighted by molar-refractivity contribution is -0.142. The van der Waals surface area contributed by atoms with E-state index in [0.29, 0.717) is 116 Å². The van der Waals surface area contributed by atoms with Crippen molar-refractivity contribution in [2.75, 3.05) is 104 Å². The van der Waals surface area contributed by atoms with Gasteiger partial charge in [0.1, 0.15) is 41.4 Å². The number of hydrogen-bond acceptors (Lipinski definition) is 26. The Balaban J connectivity index is 0.00000672. The molecule has 2 aromatic carbocycles. The van der Waals surface area contributed by atoms with Crippen LogP contribution in [0.4, 0.5) is 0 Å². The number of pyridine rings is 4. The van der Waals surface area contributed by atoms with E-state index in [9.17, 15) is 66.6 Å². The second-order valence-corrected chi connectivity index (χ2v) is 35.1. The predicted octanol–water partition coefficient (Wildman–Crippen LogP) is 4.38. The van der Waals surface area contributed by atoms with E-state index in [1.807, 2.05) is 30.3 Å². The van der Waals surface area contributed by atoms with Crippen molar-refractivity contribution in [2.45, 2.75) is 156 Å².